The molecule has 0 unspecified atom stereocenters. The second-order valence-electron chi connectivity index (χ2n) is 4.65. The van der Waals surface area contributed by atoms with Gasteiger partial charge in [-0.25, -0.2) is 4.79 Å². The summed E-state index contributed by atoms with van der Waals surface area (Å²) in [6, 6.07) is 7.79. The van der Waals surface area contributed by atoms with Gasteiger partial charge in [0.25, 0.3) is 0 Å². The van der Waals surface area contributed by atoms with Crippen LogP contribution in [0.1, 0.15) is 45.1 Å². The minimum atomic E-state index is -0.178. The Kier molecular flexibility index (Phi) is 11.5. The highest BCUT2D eigenvalue weighted by Gasteiger charge is 1.99. The molecule has 0 fully saturated rings. The normalized spacial score (nSPS) is 9.40. The van der Waals surface area contributed by atoms with Gasteiger partial charge >= 0.3 is 6.03 Å². The van der Waals surface area contributed by atoms with Gasteiger partial charge in [0, 0.05) is 12.7 Å². The molecule has 114 valence electrons. The highest BCUT2D eigenvalue weighted by Crippen LogP contribution is 2.12. The third-order valence-electron chi connectivity index (χ3n) is 2.79. The number of aryl methyl sites for hydroxylation is 1. The standard InChI is InChI=1S/C12H18N2O.C4H11N/c1-3-4-6-10-7-5-8-11(9-10)14-12(15)13-2;1-2-3-4-5/h5,7-9H,3-4,6H2,1-2H3,(H2,13,14,15);2-5H2,1H3. The monoisotopic (exact) mass is 279 g/mol. The molecule has 0 aliphatic heterocycles. The largest absolute Gasteiger partial charge is 0.341 e. The first-order valence-electron chi connectivity index (χ1n) is 7.45. The maximum atomic E-state index is 11.1. The van der Waals surface area contributed by atoms with E-state index in [9.17, 15) is 4.79 Å². The first-order chi connectivity index (χ1) is 9.67. The number of rotatable bonds is 6. The van der Waals surface area contributed by atoms with E-state index in [4.69, 9.17) is 5.73 Å². The van der Waals surface area contributed by atoms with Crippen molar-refractivity contribution in [3.63, 3.8) is 0 Å². The summed E-state index contributed by atoms with van der Waals surface area (Å²) in [5, 5.41) is 5.28. The lowest BCUT2D eigenvalue weighted by Crippen LogP contribution is -2.24. The second kappa shape index (κ2) is 12.5. The Bertz CT molecular complexity index is 364. The van der Waals surface area contributed by atoms with Crippen molar-refractivity contribution in [2.75, 3.05) is 18.9 Å². The van der Waals surface area contributed by atoms with E-state index in [1.54, 1.807) is 7.05 Å². The van der Waals surface area contributed by atoms with E-state index in [2.05, 4.69) is 30.5 Å². The van der Waals surface area contributed by atoms with Gasteiger partial charge in [-0.2, -0.15) is 0 Å². The summed E-state index contributed by atoms with van der Waals surface area (Å²) in [4.78, 5) is 11.1. The highest BCUT2D eigenvalue weighted by molar-refractivity contribution is 5.89. The zero-order valence-electron chi connectivity index (χ0n) is 13.0. The predicted octanol–water partition coefficient (Wildman–Crippen LogP) is 3.53. The van der Waals surface area contributed by atoms with E-state index >= 15 is 0 Å². The van der Waals surface area contributed by atoms with Crippen LogP contribution in [0.2, 0.25) is 0 Å². The lowest BCUT2D eigenvalue weighted by Gasteiger charge is -2.06. The molecule has 2 amide bonds. The molecule has 0 radical (unpaired) electrons. The van der Waals surface area contributed by atoms with Crippen LogP contribution < -0.4 is 16.4 Å². The number of unbranched alkanes of at least 4 members (excludes halogenated alkanes) is 2. The number of urea groups is 1. The SMILES string of the molecule is CCCCN.CCCCc1cccc(NC(=O)NC)c1. The maximum absolute atomic E-state index is 11.1. The summed E-state index contributed by atoms with van der Waals surface area (Å²) in [6.45, 7) is 5.15. The Morgan fingerprint density at radius 3 is 2.40 bits per heavy atom. The molecule has 0 aliphatic rings. The maximum Gasteiger partial charge on any atom is 0.318 e. The molecule has 0 spiro atoms. The van der Waals surface area contributed by atoms with Crippen LogP contribution in [0.5, 0.6) is 0 Å². The van der Waals surface area contributed by atoms with Gasteiger partial charge < -0.3 is 16.4 Å². The fourth-order valence-corrected chi connectivity index (χ4v) is 1.58. The molecular weight excluding hydrogens is 250 g/mol. The minimum absolute atomic E-state index is 0.178. The number of anilines is 1. The van der Waals surface area contributed by atoms with E-state index < -0.39 is 0 Å². The van der Waals surface area contributed by atoms with E-state index in [1.807, 2.05) is 18.2 Å². The van der Waals surface area contributed by atoms with E-state index in [0.717, 1.165) is 18.7 Å². The van der Waals surface area contributed by atoms with Crippen LogP contribution in [0.15, 0.2) is 24.3 Å². The molecule has 1 aromatic carbocycles. The number of nitrogens with two attached hydrogens (primary N) is 1. The average molecular weight is 279 g/mol. The van der Waals surface area contributed by atoms with Crippen molar-refractivity contribution in [2.24, 2.45) is 5.73 Å². The number of hydrogen-bond donors (Lipinski definition) is 3. The molecule has 0 bridgehead atoms. The number of carbonyl (C=O) groups excluding carboxylic acids is 1. The third kappa shape index (κ3) is 9.39. The Morgan fingerprint density at radius 2 is 1.90 bits per heavy atom. The van der Waals surface area contributed by atoms with E-state index in [1.165, 1.54) is 31.2 Å². The van der Waals surface area contributed by atoms with Crippen LogP contribution >= 0.6 is 0 Å². The predicted molar refractivity (Wildman–Crippen MR) is 87.1 cm³/mol. The zero-order valence-corrected chi connectivity index (χ0v) is 13.0. The molecule has 4 heteroatoms. The van der Waals surface area contributed by atoms with Crippen molar-refractivity contribution in [1.82, 2.24) is 5.32 Å². The molecule has 0 aromatic heterocycles. The Labute approximate surface area is 123 Å². The summed E-state index contributed by atoms with van der Waals surface area (Å²) >= 11 is 0. The fraction of sp³-hybridized carbons (Fsp3) is 0.562. The third-order valence-corrected chi connectivity index (χ3v) is 2.79. The van der Waals surface area contributed by atoms with Crippen molar-refractivity contribution >= 4 is 11.7 Å². The number of hydrogen-bond acceptors (Lipinski definition) is 2. The number of amides is 2. The van der Waals surface area contributed by atoms with Gasteiger partial charge in [0.15, 0.2) is 0 Å². The number of benzene rings is 1. The lowest BCUT2D eigenvalue weighted by atomic mass is 10.1. The van der Waals surface area contributed by atoms with Crippen LogP contribution in [-0.4, -0.2) is 19.6 Å². The van der Waals surface area contributed by atoms with Gasteiger partial charge in [-0.3, -0.25) is 0 Å². The summed E-state index contributed by atoms with van der Waals surface area (Å²) in [5.41, 5.74) is 7.26. The molecule has 0 aliphatic carbocycles. The Morgan fingerprint density at radius 1 is 1.20 bits per heavy atom. The van der Waals surface area contributed by atoms with Crippen LogP contribution in [0, 0.1) is 0 Å². The second-order valence-corrected chi connectivity index (χ2v) is 4.65. The molecule has 20 heavy (non-hydrogen) atoms. The lowest BCUT2D eigenvalue weighted by molar-refractivity contribution is 0.254. The van der Waals surface area contributed by atoms with Crippen LogP contribution in [0.4, 0.5) is 10.5 Å². The van der Waals surface area contributed by atoms with Gasteiger partial charge in [0.1, 0.15) is 0 Å². The first kappa shape index (κ1) is 18.4. The van der Waals surface area contributed by atoms with Crippen molar-refractivity contribution in [3.8, 4) is 0 Å². The summed E-state index contributed by atoms with van der Waals surface area (Å²) in [7, 11) is 1.61. The molecule has 1 aromatic rings. The molecule has 4 nitrogen and oxygen atoms in total. The number of carbonyl (C=O) groups is 1. The van der Waals surface area contributed by atoms with Gasteiger partial charge in [0.05, 0.1) is 0 Å². The van der Waals surface area contributed by atoms with Crippen molar-refractivity contribution in [2.45, 2.75) is 46.0 Å². The smallest absolute Gasteiger partial charge is 0.318 e. The highest BCUT2D eigenvalue weighted by atomic mass is 16.2. The molecular formula is C16H29N3O. The van der Waals surface area contributed by atoms with Crippen LogP contribution in [-0.2, 0) is 6.42 Å². The summed E-state index contributed by atoms with van der Waals surface area (Å²) in [6.07, 6.45) is 5.83. The average Bonchev–Trinajstić information content (AvgIpc) is 2.47. The Hall–Kier alpha value is -1.55. The molecule has 4 N–H and O–H groups in total. The quantitative estimate of drug-likeness (QED) is 0.745. The molecule has 0 saturated carbocycles. The molecule has 1 rings (SSSR count). The molecule has 0 atom stereocenters. The summed E-state index contributed by atoms with van der Waals surface area (Å²) < 4.78 is 0. The van der Waals surface area contributed by atoms with Crippen LogP contribution in [0.25, 0.3) is 0 Å². The minimum Gasteiger partial charge on any atom is -0.341 e. The van der Waals surface area contributed by atoms with Gasteiger partial charge in [-0.1, -0.05) is 38.8 Å². The molecule has 0 heterocycles. The van der Waals surface area contributed by atoms with Crippen molar-refractivity contribution in [3.05, 3.63) is 29.8 Å². The molecule has 0 saturated heterocycles. The zero-order chi connectivity index (χ0) is 15.2. The van der Waals surface area contributed by atoms with Gasteiger partial charge in [-0.15, -0.1) is 0 Å². The van der Waals surface area contributed by atoms with Crippen molar-refractivity contribution < 1.29 is 4.79 Å². The summed E-state index contributed by atoms with van der Waals surface area (Å²) in [5.74, 6) is 0. The number of nitrogens with one attached hydrogen (secondary N) is 2. The topological polar surface area (TPSA) is 67.1 Å². The van der Waals surface area contributed by atoms with Crippen molar-refractivity contribution in [1.29, 1.82) is 0 Å². The van der Waals surface area contributed by atoms with Gasteiger partial charge in [0.2, 0.25) is 0 Å². The van der Waals surface area contributed by atoms with E-state index in [-0.39, 0.29) is 6.03 Å². The first-order valence-corrected chi connectivity index (χ1v) is 7.45. The fourth-order valence-electron chi connectivity index (χ4n) is 1.58. The van der Waals surface area contributed by atoms with Crippen LogP contribution in [0.3, 0.4) is 0 Å². The Balaban J connectivity index is 0.000000621. The van der Waals surface area contributed by atoms with E-state index in [0.29, 0.717) is 0 Å². The van der Waals surface area contributed by atoms with Gasteiger partial charge in [-0.05, 0) is 43.5 Å².